The predicted molar refractivity (Wildman–Crippen MR) is 83.2 cm³/mol. The Morgan fingerprint density at radius 2 is 2.15 bits per heavy atom. The first kappa shape index (κ1) is 13.9. The van der Waals surface area contributed by atoms with Crippen molar-refractivity contribution in [2.75, 3.05) is 13.7 Å². The van der Waals surface area contributed by atoms with E-state index < -0.39 is 0 Å². The van der Waals surface area contributed by atoms with Gasteiger partial charge < -0.3 is 10.1 Å². The third kappa shape index (κ3) is 3.01. The quantitative estimate of drug-likeness (QED) is 0.892. The van der Waals surface area contributed by atoms with E-state index in [0.29, 0.717) is 6.04 Å². The third-order valence-electron chi connectivity index (χ3n) is 5.12. The fraction of sp³-hybridized carbons (Fsp3) is 0.667. The lowest BCUT2D eigenvalue weighted by molar-refractivity contribution is 0.390. The molecule has 1 aromatic rings. The van der Waals surface area contributed by atoms with Gasteiger partial charge in [0, 0.05) is 6.04 Å². The second-order valence-corrected chi connectivity index (χ2v) is 6.70. The van der Waals surface area contributed by atoms with Crippen LogP contribution >= 0.6 is 0 Å². The molecule has 1 aromatic carbocycles. The molecule has 2 heteroatoms. The molecule has 0 amide bonds. The summed E-state index contributed by atoms with van der Waals surface area (Å²) in [4.78, 5) is 0. The highest BCUT2D eigenvalue weighted by atomic mass is 16.5. The van der Waals surface area contributed by atoms with E-state index in [4.69, 9.17) is 4.74 Å². The molecule has 3 unspecified atom stereocenters. The lowest BCUT2D eigenvalue weighted by Crippen LogP contribution is -2.29. The first-order valence-electron chi connectivity index (χ1n) is 8.16. The van der Waals surface area contributed by atoms with Gasteiger partial charge in [0.05, 0.1) is 7.11 Å². The smallest absolute Gasteiger partial charge is 0.119 e. The number of benzene rings is 1. The van der Waals surface area contributed by atoms with E-state index in [2.05, 4.69) is 30.4 Å². The van der Waals surface area contributed by atoms with E-state index in [9.17, 15) is 0 Å². The Morgan fingerprint density at radius 3 is 2.90 bits per heavy atom. The molecule has 2 aliphatic carbocycles. The number of hydrogen-bond donors (Lipinski definition) is 1. The van der Waals surface area contributed by atoms with Gasteiger partial charge in [0.15, 0.2) is 0 Å². The van der Waals surface area contributed by atoms with Gasteiger partial charge in [0.1, 0.15) is 5.75 Å². The maximum absolute atomic E-state index is 5.39. The number of hydrogen-bond acceptors (Lipinski definition) is 2. The van der Waals surface area contributed by atoms with Crippen LogP contribution in [-0.2, 0) is 6.42 Å². The largest absolute Gasteiger partial charge is 0.497 e. The monoisotopic (exact) mass is 273 g/mol. The third-order valence-corrected chi connectivity index (χ3v) is 5.12. The fourth-order valence-corrected chi connectivity index (χ4v) is 3.94. The van der Waals surface area contributed by atoms with Crippen LogP contribution in [0.1, 0.15) is 56.2 Å². The van der Waals surface area contributed by atoms with Crippen molar-refractivity contribution < 1.29 is 4.74 Å². The van der Waals surface area contributed by atoms with Crippen LogP contribution in [-0.4, -0.2) is 13.7 Å². The molecule has 0 aromatic heterocycles. The van der Waals surface area contributed by atoms with Gasteiger partial charge in [0.25, 0.3) is 0 Å². The number of rotatable bonds is 4. The van der Waals surface area contributed by atoms with E-state index in [1.54, 1.807) is 7.11 Å². The zero-order valence-electron chi connectivity index (χ0n) is 12.8. The SMILES string of the molecule is COc1ccc2c(c1)C(NCC1CCC(C)C1)CCC2. The molecule has 20 heavy (non-hydrogen) atoms. The summed E-state index contributed by atoms with van der Waals surface area (Å²) in [6, 6.07) is 7.12. The molecule has 1 N–H and O–H groups in total. The zero-order valence-corrected chi connectivity index (χ0v) is 12.8. The van der Waals surface area contributed by atoms with Crippen molar-refractivity contribution in [3.05, 3.63) is 29.3 Å². The van der Waals surface area contributed by atoms with Crippen LogP contribution < -0.4 is 10.1 Å². The molecule has 0 saturated heterocycles. The minimum absolute atomic E-state index is 0.532. The lowest BCUT2D eigenvalue weighted by Gasteiger charge is -2.28. The zero-order chi connectivity index (χ0) is 13.9. The van der Waals surface area contributed by atoms with Gasteiger partial charge >= 0.3 is 0 Å². The lowest BCUT2D eigenvalue weighted by atomic mass is 9.87. The Morgan fingerprint density at radius 1 is 1.25 bits per heavy atom. The highest BCUT2D eigenvalue weighted by Crippen LogP contribution is 2.34. The van der Waals surface area contributed by atoms with Gasteiger partial charge in [-0.1, -0.05) is 19.4 Å². The molecule has 0 spiro atoms. The number of methoxy groups -OCH3 is 1. The van der Waals surface area contributed by atoms with Crippen molar-refractivity contribution in [1.29, 1.82) is 0 Å². The van der Waals surface area contributed by atoms with E-state index >= 15 is 0 Å². The van der Waals surface area contributed by atoms with Crippen molar-refractivity contribution in [3.63, 3.8) is 0 Å². The van der Waals surface area contributed by atoms with Crippen LogP contribution in [0.25, 0.3) is 0 Å². The average Bonchev–Trinajstić information content (AvgIpc) is 2.90. The first-order chi connectivity index (χ1) is 9.76. The molecule has 0 radical (unpaired) electrons. The summed E-state index contributed by atoms with van der Waals surface area (Å²) in [5.41, 5.74) is 2.98. The topological polar surface area (TPSA) is 21.3 Å². The molecule has 0 heterocycles. The van der Waals surface area contributed by atoms with E-state index in [-0.39, 0.29) is 0 Å². The van der Waals surface area contributed by atoms with Crippen LogP contribution in [0.3, 0.4) is 0 Å². The van der Waals surface area contributed by atoms with Crippen molar-refractivity contribution in [1.82, 2.24) is 5.32 Å². The van der Waals surface area contributed by atoms with Gasteiger partial charge in [-0.25, -0.2) is 0 Å². The number of ether oxygens (including phenoxy) is 1. The molecule has 0 aliphatic heterocycles. The number of nitrogens with one attached hydrogen (secondary N) is 1. The van der Waals surface area contributed by atoms with Crippen LogP contribution in [0, 0.1) is 11.8 Å². The normalized spacial score (nSPS) is 29.2. The van der Waals surface area contributed by atoms with Crippen molar-refractivity contribution in [2.24, 2.45) is 11.8 Å². The molecule has 2 nitrogen and oxygen atoms in total. The molecular weight excluding hydrogens is 246 g/mol. The molecular formula is C18H27NO. The molecule has 1 fully saturated rings. The van der Waals surface area contributed by atoms with Gasteiger partial charge in [0.2, 0.25) is 0 Å². The number of fused-ring (bicyclic) bond motifs is 1. The summed E-state index contributed by atoms with van der Waals surface area (Å²) in [5.74, 6) is 2.81. The molecule has 3 rings (SSSR count). The Labute approximate surface area is 122 Å². The second-order valence-electron chi connectivity index (χ2n) is 6.70. The van der Waals surface area contributed by atoms with Crippen molar-refractivity contribution in [2.45, 2.75) is 51.5 Å². The molecule has 3 atom stereocenters. The fourth-order valence-electron chi connectivity index (χ4n) is 3.94. The summed E-state index contributed by atoms with van der Waals surface area (Å²) >= 11 is 0. The average molecular weight is 273 g/mol. The van der Waals surface area contributed by atoms with Crippen molar-refractivity contribution in [3.8, 4) is 5.75 Å². The van der Waals surface area contributed by atoms with Gasteiger partial charge in [-0.2, -0.15) is 0 Å². The first-order valence-corrected chi connectivity index (χ1v) is 8.16. The summed E-state index contributed by atoms with van der Waals surface area (Å²) in [6.45, 7) is 3.58. The standard InChI is InChI=1S/C18H27NO/c1-13-6-7-14(10-13)12-19-18-5-3-4-15-8-9-16(20-2)11-17(15)18/h8-9,11,13-14,18-19H,3-7,10,12H2,1-2H3. The summed E-state index contributed by atoms with van der Waals surface area (Å²) in [5, 5.41) is 3.84. The maximum atomic E-state index is 5.39. The summed E-state index contributed by atoms with van der Waals surface area (Å²) in [6.07, 6.45) is 8.02. The van der Waals surface area contributed by atoms with Crippen LogP contribution in [0.4, 0.5) is 0 Å². The highest BCUT2D eigenvalue weighted by Gasteiger charge is 2.24. The van der Waals surface area contributed by atoms with E-state index in [0.717, 1.165) is 17.6 Å². The molecule has 2 aliphatic rings. The Balaban J connectivity index is 1.66. The van der Waals surface area contributed by atoms with Crippen molar-refractivity contribution >= 4 is 0 Å². The van der Waals surface area contributed by atoms with Gasteiger partial charge in [-0.3, -0.25) is 0 Å². The second kappa shape index (κ2) is 6.17. The van der Waals surface area contributed by atoms with Gasteiger partial charge in [-0.15, -0.1) is 0 Å². The number of aryl methyl sites for hydroxylation is 1. The summed E-state index contributed by atoms with van der Waals surface area (Å²) in [7, 11) is 1.76. The maximum Gasteiger partial charge on any atom is 0.119 e. The summed E-state index contributed by atoms with van der Waals surface area (Å²) < 4.78 is 5.39. The van der Waals surface area contributed by atoms with E-state index in [1.165, 1.54) is 56.2 Å². The molecule has 0 bridgehead atoms. The predicted octanol–water partition coefficient (Wildman–Crippen LogP) is 4.10. The Hall–Kier alpha value is -1.02. The van der Waals surface area contributed by atoms with Crippen LogP contribution in [0.5, 0.6) is 5.75 Å². The minimum Gasteiger partial charge on any atom is -0.497 e. The molecule has 110 valence electrons. The van der Waals surface area contributed by atoms with Crippen LogP contribution in [0.2, 0.25) is 0 Å². The Bertz CT molecular complexity index is 457. The van der Waals surface area contributed by atoms with Crippen LogP contribution in [0.15, 0.2) is 18.2 Å². The molecule has 1 saturated carbocycles. The highest BCUT2D eigenvalue weighted by molar-refractivity contribution is 5.39. The Kier molecular flexibility index (Phi) is 4.30. The van der Waals surface area contributed by atoms with Gasteiger partial charge in [-0.05, 0) is 73.7 Å². The van der Waals surface area contributed by atoms with E-state index in [1.807, 2.05) is 0 Å². The minimum atomic E-state index is 0.532.